The highest BCUT2D eigenvalue weighted by Crippen LogP contribution is 2.28. The van der Waals surface area contributed by atoms with Gasteiger partial charge in [0.1, 0.15) is 5.65 Å². The van der Waals surface area contributed by atoms with Gasteiger partial charge >= 0.3 is 0 Å². The number of halogens is 3. The predicted octanol–water partition coefficient (Wildman–Crippen LogP) is 4.93. The van der Waals surface area contributed by atoms with Gasteiger partial charge in [-0.2, -0.15) is 0 Å². The number of fused-ring (bicyclic) bond motifs is 1. The lowest BCUT2D eigenvalue weighted by Gasteiger charge is -1.98. The third-order valence-electron chi connectivity index (χ3n) is 2.58. The SMILES string of the molecule is Clc1ccc(-c2cn3ccccc3n2)cc1Cl.I. The Bertz CT molecular complexity index is 661. The van der Waals surface area contributed by atoms with Crippen LogP contribution in [0.3, 0.4) is 0 Å². The summed E-state index contributed by atoms with van der Waals surface area (Å²) in [5, 5.41) is 1.10. The third-order valence-corrected chi connectivity index (χ3v) is 3.32. The molecule has 92 valence electrons. The minimum atomic E-state index is 0. The molecule has 2 aromatic heterocycles. The summed E-state index contributed by atoms with van der Waals surface area (Å²) in [6.45, 7) is 0. The van der Waals surface area contributed by atoms with Crippen molar-refractivity contribution in [3.63, 3.8) is 0 Å². The van der Waals surface area contributed by atoms with E-state index in [1.165, 1.54) is 0 Å². The quantitative estimate of drug-likeness (QED) is 0.538. The van der Waals surface area contributed by atoms with Crippen molar-refractivity contribution in [2.45, 2.75) is 0 Å². The molecule has 1 aromatic carbocycles. The van der Waals surface area contributed by atoms with E-state index in [9.17, 15) is 0 Å². The molecular weight excluding hydrogens is 382 g/mol. The van der Waals surface area contributed by atoms with E-state index in [1.807, 2.05) is 47.1 Å². The van der Waals surface area contributed by atoms with Crippen LogP contribution < -0.4 is 0 Å². The number of imidazole rings is 1. The fraction of sp³-hybridized carbons (Fsp3) is 0. The van der Waals surface area contributed by atoms with E-state index in [4.69, 9.17) is 23.2 Å². The normalized spacial score (nSPS) is 10.3. The summed E-state index contributed by atoms with van der Waals surface area (Å²) in [5.41, 5.74) is 2.76. The van der Waals surface area contributed by atoms with Gasteiger partial charge in [-0.25, -0.2) is 4.98 Å². The first-order valence-corrected chi connectivity index (χ1v) is 5.89. The predicted molar refractivity (Wildman–Crippen MR) is 86.1 cm³/mol. The van der Waals surface area contributed by atoms with Crippen LogP contribution in [0.25, 0.3) is 16.9 Å². The summed E-state index contributed by atoms with van der Waals surface area (Å²) in [6, 6.07) is 11.4. The summed E-state index contributed by atoms with van der Waals surface area (Å²) >= 11 is 11.9. The number of nitrogens with zero attached hydrogens (tertiary/aromatic N) is 2. The number of rotatable bonds is 1. The van der Waals surface area contributed by atoms with Crippen LogP contribution in [0.15, 0.2) is 48.8 Å². The Balaban J connectivity index is 0.00000120. The van der Waals surface area contributed by atoms with Crippen molar-refractivity contribution in [2.75, 3.05) is 0 Å². The highest BCUT2D eigenvalue weighted by atomic mass is 127. The number of benzene rings is 1. The zero-order chi connectivity index (χ0) is 11.8. The van der Waals surface area contributed by atoms with Crippen LogP contribution in [0.2, 0.25) is 10.0 Å². The number of hydrogen-bond acceptors (Lipinski definition) is 1. The van der Waals surface area contributed by atoms with Gasteiger partial charge < -0.3 is 4.40 Å². The summed E-state index contributed by atoms with van der Waals surface area (Å²) in [5.74, 6) is 0. The Morgan fingerprint density at radius 1 is 1.00 bits per heavy atom. The largest absolute Gasteiger partial charge is 0.306 e. The first-order valence-electron chi connectivity index (χ1n) is 5.13. The maximum absolute atomic E-state index is 6.00. The fourth-order valence-corrected chi connectivity index (χ4v) is 2.03. The van der Waals surface area contributed by atoms with Crippen molar-refractivity contribution in [1.29, 1.82) is 0 Å². The number of aromatic nitrogens is 2. The van der Waals surface area contributed by atoms with Crippen LogP contribution >= 0.6 is 47.2 Å². The molecule has 0 amide bonds. The fourth-order valence-electron chi connectivity index (χ4n) is 1.73. The van der Waals surface area contributed by atoms with Gasteiger partial charge in [0.2, 0.25) is 0 Å². The molecule has 18 heavy (non-hydrogen) atoms. The average molecular weight is 391 g/mol. The Kier molecular flexibility index (Phi) is 4.14. The molecule has 0 saturated heterocycles. The molecule has 0 aliphatic heterocycles. The minimum absolute atomic E-state index is 0. The Hall–Kier alpha value is -0.780. The van der Waals surface area contributed by atoms with Gasteiger partial charge in [-0.3, -0.25) is 0 Å². The molecule has 3 aromatic rings. The lowest BCUT2D eigenvalue weighted by Crippen LogP contribution is -1.77. The van der Waals surface area contributed by atoms with Crippen molar-refractivity contribution in [3.8, 4) is 11.3 Å². The molecule has 0 bridgehead atoms. The van der Waals surface area contributed by atoms with Crippen LogP contribution in [-0.2, 0) is 0 Å². The summed E-state index contributed by atoms with van der Waals surface area (Å²) < 4.78 is 1.97. The topological polar surface area (TPSA) is 17.3 Å². The second-order valence-corrected chi connectivity index (χ2v) is 4.54. The molecule has 0 aliphatic rings. The zero-order valence-corrected chi connectivity index (χ0v) is 13.0. The lowest BCUT2D eigenvalue weighted by molar-refractivity contribution is 1.19. The van der Waals surface area contributed by atoms with Crippen LogP contribution in [0.1, 0.15) is 0 Å². The molecule has 0 N–H and O–H groups in total. The molecule has 0 fully saturated rings. The van der Waals surface area contributed by atoms with E-state index in [0.717, 1.165) is 16.9 Å². The molecule has 2 nitrogen and oxygen atoms in total. The maximum atomic E-state index is 6.00. The standard InChI is InChI=1S/C13H8Cl2N2.HI/c14-10-5-4-9(7-11(10)15)12-8-17-6-2-1-3-13(17)16-12;/h1-8H;1H. The first-order chi connectivity index (χ1) is 8.24. The summed E-state index contributed by atoms with van der Waals surface area (Å²) in [4.78, 5) is 4.51. The highest BCUT2D eigenvalue weighted by molar-refractivity contribution is 14.0. The van der Waals surface area contributed by atoms with Gasteiger partial charge in [0.25, 0.3) is 0 Å². The number of pyridine rings is 1. The monoisotopic (exact) mass is 390 g/mol. The number of hydrogen-bond donors (Lipinski definition) is 0. The lowest BCUT2D eigenvalue weighted by atomic mass is 10.2. The van der Waals surface area contributed by atoms with E-state index < -0.39 is 0 Å². The first kappa shape index (κ1) is 13.6. The van der Waals surface area contributed by atoms with E-state index in [0.29, 0.717) is 10.0 Å². The van der Waals surface area contributed by atoms with Gasteiger partial charge in [-0.1, -0.05) is 35.3 Å². The average Bonchev–Trinajstić information content (AvgIpc) is 2.76. The van der Waals surface area contributed by atoms with Crippen molar-refractivity contribution >= 4 is 52.8 Å². The van der Waals surface area contributed by atoms with E-state index in [-0.39, 0.29) is 24.0 Å². The van der Waals surface area contributed by atoms with Crippen molar-refractivity contribution in [2.24, 2.45) is 0 Å². The Morgan fingerprint density at radius 2 is 1.83 bits per heavy atom. The van der Waals surface area contributed by atoms with E-state index >= 15 is 0 Å². The van der Waals surface area contributed by atoms with Gasteiger partial charge in [-0.15, -0.1) is 24.0 Å². The van der Waals surface area contributed by atoms with Gasteiger partial charge in [-0.05, 0) is 24.3 Å². The van der Waals surface area contributed by atoms with Crippen molar-refractivity contribution < 1.29 is 0 Å². The molecule has 0 atom stereocenters. The van der Waals surface area contributed by atoms with Crippen molar-refractivity contribution in [3.05, 3.63) is 58.8 Å². The Labute approximate surface area is 132 Å². The molecular formula is C13H9Cl2IN2. The molecule has 0 spiro atoms. The molecule has 0 unspecified atom stereocenters. The minimum Gasteiger partial charge on any atom is -0.306 e. The van der Waals surface area contributed by atoms with E-state index in [2.05, 4.69) is 4.98 Å². The van der Waals surface area contributed by atoms with E-state index in [1.54, 1.807) is 6.07 Å². The summed E-state index contributed by atoms with van der Waals surface area (Å²) in [7, 11) is 0. The van der Waals surface area contributed by atoms with Crippen LogP contribution in [0.4, 0.5) is 0 Å². The zero-order valence-electron chi connectivity index (χ0n) is 9.18. The highest BCUT2D eigenvalue weighted by Gasteiger charge is 2.06. The van der Waals surface area contributed by atoms with Crippen LogP contribution in [-0.4, -0.2) is 9.38 Å². The third kappa shape index (κ3) is 2.48. The van der Waals surface area contributed by atoms with Crippen LogP contribution in [0, 0.1) is 0 Å². The molecule has 5 heteroatoms. The smallest absolute Gasteiger partial charge is 0.137 e. The van der Waals surface area contributed by atoms with Crippen molar-refractivity contribution in [1.82, 2.24) is 9.38 Å². The van der Waals surface area contributed by atoms with Gasteiger partial charge in [0.05, 0.1) is 15.7 Å². The molecule has 3 rings (SSSR count). The van der Waals surface area contributed by atoms with Crippen LogP contribution in [0.5, 0.6) is 0 Å². The summed E-state index contributed by atoms with van der Waals surface area (Å²) in [6.07, 6.45) is 3.93. The Morgan fingerprint density at radius 3 is 2.56 bits per heavy atom. The van der Waals surface area contributed by atoms with Gasteiger partial charge in [0.15, 0.2) is 0 Å². The maximum Gasteiger partial charge on any atom is 0.137 e. The van der Waals surface area contributed by atoms with Gasteiger partial charge in [0, 0.05) is 18.0 Å². The molecule has 2 heterocycles. The molecule has 0 radical (unpaired) electrons. The second kappa shape index (κ2) is 5.47. The second-order valence-electron chi connectivity index (χ2n) is 3.72. The molecule has 0 aliphatic carbocycles. The molecule has 0 saturated carbocycles.